The maximum atomic E-state index is 12.5. The van der Waals surface area contributed by atoms with E-state index in [9.17, 15) is 13.2 Å². The molecule has 2 rings (SSSR count). The summed E-state index contributed by atoms with van der Waals surface area (Å²) in [6.45, 7) is 11.0. The van der Waals surface area contributed by atoms with Crippen LogP contribution in [0.3, 0.4) is 0 Å². The van der Waals surface area contributed by atoms with Gasteiger partial charge in [-0.3, -0.25) is 4.79 Å². The SMILES string of the molecule is Cc1cc(C)c(NC(=O)CN(C)c2ccc(S(=O)(=O)C(C)(C)C)nc2)c(C)c1. The van der Waals surface area contributed by atoms with Crippen molar-refractivity contribution >= 4 is 27.1 Å². The van der Waals surface area contributed by atoms with Crippen molar-refractivity contribution in [3.05, 3.63) is 47.2 Å². The molecule has 0 aliphatic heterocycles. The van der Waals surface area contributed by atoms with Crippen molar-refractivity contribution in [1.82, 2.24) is 4.98 Å². The first-order valence-corrected chi connectivity index (χ1v) is 10.6. The molecule has 28 heavy (non-hydrogen) atoms. The van der Waals surface area contributed by atoms with Crippen molar-refractivity contribution in [3.63, 3.8) is 0 Å². The summed E-state index contributed by atoms with van der Waals surface area (Å²) in [5.41, 5.74) is 4.69. The molecule has 1 aromatic heterocycles. The van der Waals surface area contributed by atoms with Gasteiger partial charge in [0.15, 0.2) is 14.9 Å². The first kappa shape index (κ1) is 21.9. The van der Waals surface area contributed by atoms with Gasteiger partial charge in [0.1, 0.15) is 0 Å². The number of nitrogens with one attached hydrogen (secondary N) is 1. The number of nitrogens with zero attached hydrogens (tertiary/aromatic N) is 2. The number of sulfone groups is 1. The second-order valence-electron chi connectivity index (χ2n) is 8.15. The summed E-state index contributed by atoms with van der Waals surface area (Å²) in [6, 6.07) is 7.22. The van der Waals surface area contributed by atoms with Crippen LogP contribution in [0.1, 0.15) is 37.5 Å². The van der Waals surface area contributed by atoms with Crippen LogP contribution in [0, 0.1) is 20.8 Å². The highest BCUT2D eigenvalue weighted by Gasteiger charge is 2.32. The normalized spacial score (nSPS) is 12.0. The van der Waals surface area contributed by atoms with Crippen LogP contribution in [0.4, 0.5) is 11.4 Å². The van der Waals surface area contributed by atoms with E-state index >= 15 is 0 Å². The van der Waals surface area contributed by atoms with Crippen molar-refractivity contribution in [3.8, 4) is 0 Å². The Kier molecular flexibility index (Phi) is 6.18. The highest BCUT2D eigenvalue weighted by atomic mass is 32.2. The lowest BCUT2D eigenvalue weighted by atomic mass is 10.1. The maximum absolute atomic E-state index is 12.5. The van der Waals surface area contributed by atoms with E-state index in [1.165, 1.54) is 12.3 Å². The first-order chi connectivity index (χ1) is 12.8. The Balaban J connectivity index is 2.11. The fourth-order valence-corrected chi connectivity index (χ4v) is 4.00. The van der Waals surface area contributed by atoms with Gasteiger partial charge in [-0.25, -0.2) is 13.4 Å². The molecule has 0 spiro atoms. The van der Waals surface area contributed by atoms with Gasteiger partial charge in [-0.05, 0) is 64.8 Å². The molecule has 7 heteroatoms. The van der Waals surface area contributed by atoms with E-state index < -0.39 is 14.6 Å². The Morgan fingerprint density at radius 3 is 2.14 bits per heavy atom. The number of amides is 1. The number of hydrogen-bond acceptors (Lipinski definition) is 5. The van der Waals surface area contributed by atoms with Crippen LogP contribution >= 0.6 is 0 Å². The largest absolute Gasteiger partial charge is 0.364 e. The second-order valence-corrected chi connectivity index (χ2v) is 10.8. The number of anilines is 2. The van der Waals surface area contributed by atoms with Crippen LogP contribution in [-0.4, -0.2) is 37.6 Å². The Hall–Kier alpha value is -2.41. The second kappa shape index (κ2) is 7.91. The summed E-state index contributed by atoms with van der Waals surface area (Å²) in [5, 5.41) is 3.00. The molecule has 0 fully saturated rings. The molecule has 1 heterocycles. The molecular formula is C21H29N3O3S. The number of likely N-dealkylation sites (N-methyl/N-ethyl adjacent to an activating group) is 1. The summed E-state index contributed by atoms with van der Waals surface area (Å²) >= 11 is 0. The zero-order valence-corrected chi connectivity index (χ0v) is 18.4. The summed E-state index contributed by atoms with van der Waals surface area (Å²) in [4.78, 5) is 18.3. The number of carbonyl (C=O) groups excluding carboxylic acids is 1. The Morgan fingerprint density at radius 2 is 1.68 bits per heavy atom. The molecule has 0 atom stereocenters. The van der Waals surface area contributed by atoms with Gasteiger partial charge < -0.3 is 10.2 Å². The predicted octanol–water partition coefficient (Wildman–Crippen LogP) is 3.65. The molecule has 2 aromatic rings. The minimum absolute atomic E-state index is 0.0347. The molecule has 0 radical (unpaired) electrons. The fourth-order valence-electron chi connectivity index (χ4n) is 2.93. The number of aryl methyl sites for hydroxylation is 3. The zero-order chi connectivity index (χ0) is 21.3. The standard InChI is InChI=1S/C21H29N3O3S/c1-14-10-15(2)20(16(3)11-14)23-18(25)13-24(7)17-8-9-19(22-12-17)28(26,27)21(4,5)6/h8-12H,13H2,1-7H3,(H,23,25). The molecule has 0 saturated carbocycles. The summed E-state index contributed by atoms with van der Waals surface area (Å²) in [6.07, 6.45) is 1.48. The summed E-state index contributed by atoms with van der Waals surface area (Å²) < 4.78 is 24.0. The highest BCUT2D eigenvalue weighted by molar-refractivity contribution is 7.92. The van der Waals surface area contributed by atoms with Gasteiger partial charge in [0.2, 0.25) is 5.91 Å². The molecular weight excluding hydrogens is 374 g/mol. The third kappa shape index (κ3) is 4.70. The number of hydrogen-bond donors (Lipinski definition) is 1. The van der Waals surface area contributed by atoms with Gasteiger partial charge in [-0.1, -0.05) is 17.7 Å². The molecule has 0 bridgehead atoms. The Labute approximate surface area is 167 Å². The predicted molar refractivity (Wildman–Crippen MR) is 114 cm³/mol. The monoisotopic (exact) mass is 403 g/mol. The Bertz CT molecular complexity index is 952. The van der Waals surface area contributed by atoms with Crippen molar-refractivity contribution in [2.45, 2.75) is 51.3 Å². The first-order valence-electron chi connectivity index (χ1n) is 9.12. The van der Waals surface area contributed by atoms with Crippen molar-refractivity contribution in [2.75, 3.05) is 23.8 Å². The van der Waals surface area contributed by atoms with Gasteiger partial charge in [0.05, 0.1) is 23.2 Å². The minimum atomic E-state index is -3.50. The lowest BCUT2D eigenvalue weighted by molar-refractivity contribution is -0.114. The lowest BCUT2D eigenvalue weighted by Gasteiger charge is -2.21. The quantitative estimate of drug-likeness (QED) is 0.824. The van der Waals surface area contributed by atoms with Gasteiger partial charge in [0, 0.05) is 12.7 Å². The van der Waals surface area contributed by atoms with Crippen LogP contribution in [0.25, 0.3) is 0 Å². The van der Waals surface area contributed by atoms with Crippen LogP contribution < -0.4 is 10.2 Å². The molecule has 0 aliphatic carbocycles. The van der Waals surface area contributed by atoms with E-state index in [0.29, 0.717) is 5.69 Å². The van der Waals surface area contributed by atoms with Gasteiger partial charge in [-0.15, -0.1) is 0 Å². The van der Waals surface area contributed by atoms with Gasteiger partial charge >= 0.3 is 0 Å². The Morgan fingerprint density at radius 1 is 1.11 bits per heavy atom. The third-order valence-corrected chi connectivity index (χ3v) is 6.97. The maximum Gasteiger partial charge on any atom is 0.243 e. The van der Waals surface area contributed by atoms with Crippen LogP contribution in [0.2, 0.25) is 0 Å². The molecule has 6 nitrogen and oxygen atoms in total. The molecule has 0 unspecified atom stereocenters. The molecule has 1 aromatic carbocycles. The molecule has 0 aliphatic rings. The van der Waals surface area contributed by atoms with E-state index in [1.807, 2.05) is 32.9 Å². The number of aromatic nitrogens is 1. The smallest absolute Gasteiger partial charge is 0.243 e. The van der Waals surface area contributed by atoms with Crippen molar-refractivity contribution < 1.29 is 13.2 Å². The summed E-state index contributed by atoms with van der Waals surface area (Å²) in [5.74, 6) is -0.149. The summed E-state index contributed by atoms with van der Waals surface area (Å²) in [7, 11) is -1.74. The molecule has 1 amide bonds. The van der Waals surface area contributed by atoms with Crippen molar-refractivity contribution in [2.24, 2.45) is 0 Å². The third-order valence-electron chi connectivity index (χ3n) is 4.57. The van der Waals surface area contributed by atoms with E-state index in [0.717, 1.165) is 22.4 Å². The lowest BCUT2D eigenvalue weighted by Crippen LogP contribution is -2.31. The van der Waals surface area contributed by atoms with Crippen LogP contribution in [0.15, 0.2) is 35.5 Å². The van der Waals surface area contributed by atoms with Gasteiger partial charge in [-0.2, -0.15) is 0 Å². The molecule has 0 saturated heterocycles. The van der Waals surface area contributed by atoms with Crippen molar-refractivity contribution in [1.29, 1.82) is 0 Å². The highest BCUT2D eigenvalue weighted by Crippen LogP contribution is 2.25. The topological polar surface area (TPSA) is 79.4 Å². The number of pyridine rings is 1. The van der Waals surface area contributed by atoms with Crippen LogP contribution in [0.5, 0.6) is 0 Å². The minimum Gasteiger partial charge on any atom is -0.364 e. The average molecular weight is 404 g/mol. The zero-order valence-electron chi connectivity index (χ0n) is 17.6. The van der Waals surface area contributed by atoms with Gasteiger partial charge in [0.25, 0.3) is 0 Å². The molecule has 152 valence electrons. The van der Waals surface area contributed by atoms with E-state index in [2.05, 4.69) is 10.3 Å². The van der Waals surface area contributed by atoms with Crippen LogP contribution in [-0.2, 0) is 14.6 Å². The van der Waals surface area contributed by atoms with E-state index in [4.69, 9.17) is 0 Å². The number of carbonyl (C=O) groups is 1. The van der Waals surface area contributed by atoms with E-state index in [1.54, 1.807) is 38.8 Å². The average Bonchev–Trinajstić information content (AvgIpc) is 2.57. The van der Waals surface area contributed by atoms with E-state index in [-0.39, 0.29) is 17.5 Å². The molecule has 1 N–H and O–H groups in total. The number of rotatable bonds is 5. The fraction of sp³-hybridized carbons (Fsp3) is 0.429. The number of benzene rings is 1.